The SMILES string of the molecule is CCCc1oc(=O)cc(O)c1CO. The molecule has 1 aromatic rings. The monoisotopic (exact) mass is 184 g/mol. The standard InChI is InChI=1S/C9H12O4/c1-2-3-8-6(5-10)7(11)4-9(12)13-8/h4,10-11H,2-3,5H2,1H3. The smallest absolute Gasteiger partial charge is 0.339 e. The topological polar surface area (TPSA) is 70.7 Å². The van der Waals surface area contributed by atoms with Crippen LogP contribution in [0.4, 0.5) is 0 Å². The second-order valence-corrected chi connectivity index (χ2v) is 2.76. The van der Waals surface area contributed by atoms with Crippen LogP contribution in [0, 0.1) is 0 Å². The van der Waals surface area contributed by atoms with Gasteiger partial charge in [-0.3, -0.25) is 0 Å². The number of aliphatic hydroxyl groups excluding tert-OH is 1. The predicted octanol–water partition coefficient (Wildman–Crippen LogP) is 0.790. The largest absolute Gasteiger partial charge is 0.507 e. The minimum Gasteiger partial charge on any atom is -0.507 e. The Morgan fingerprint density at radius 2 is 2.23 bits per heavy atom. The Morgan fingerprint density at radius 3 is 2.77 bits per heavy atom. The molecule has 0 amide bonds. The van der Waals surface area contributed by atoms with Crippen LogP contribution < -0.4 is 5.63 Å². The summed E-state index contributed by atoms with van der Waals surface area (Å²) in [4.78, 5) is 10.8. The second-order valence-electron chi connectivity index (χ2n) is 2.76. The molecule has 1 rings (SSSR count). The van der Waals surface area contributed by atoms with E-state index in [9.17, 15) is 9.90 Å². The second kappa shape index (κ2) is 4.09. The lowest BCUT2D eigenvalue weighted by molar-refractivity contribution is 0.265. The van der Waals surface area contributed by atoms with Crippen molar-refractivity contribution in [2.75, 3.05) is 0 Å². The highest BCUT2D eigenvalue weighted by Crippen LogP contribution is 2.19. The van der Waals surface area contributed by atoms with Gasteiger partial charge < -0.3 is 14.6 Å². The zero-order chi connectivity index (χ0) is 9.84. The van der Waals surface area contributed by atoms with E-state index in [-0.39, 0.29) is 12.4 Å². The van der Waals surface area contributed by atoms with E-state index in [4.69, 9.17) is 9.52 Å². The first-order valence-corrected chi connectivity index (χ1v) is 4.14. The first-order chi connectivity index (χ1) is 6.19. The first-order valence-electron chi connectivity index (χ1n) is 4.14. The van der Waals surface area contributed by atoms with Crippen LogP contribution in [0.2, 0.25) is 0 Å². The minimum absolute atomic E-state index is 0.192. The summed E-state index contributed by atoms with van der Waals surface area (Å²) in [5, 5.41) is 18.2. The van der Waals surface area contributed by atoms with Crippen LogP contribution >= 0.6 is 0 Å². The maximum atomic E-state index is 10.8. The molecule has 0 aliphatic rings. The molecule has 72 valence electrons. The molecule has 0 unspecified atom stereocenters. The zero-order valence-electron chi connectivity index (χ0n) is 7.41. The van der Waals surface area contributed by atoms with Crippen LogP contribution in [-0.2, 0) is 13.0 Å². The molecule has 4 nitrogen and oxygen atoms in total. The first kappa shape index (κ1) is 9.80. The molecule has 13 heavy (non-hydrogen) atoms. The van der Waals surface area contributed by atoms with Gasteiger partial charge in [-0.1, -0.05) is 6.92 Å². The van der Waals surface area contributed by atoms with E-state index >= 15 is 0 Å². The van der Waals surface area contributed by atoms with Gasteiger partial charge in [-0.15, -0.1) is 0 Å². The number of aliphatic hydroxyl groups is 1. The number of aryl methyl sites for hydroxylation is 1. The van der Waals surface area contributed by atoms with Gasteiger partial charge in [-0.05, 0) is 6.42 Å². The molecule has 1 heterocycles. The fourth-order valence-electron chi connectivity index (χ4n) is 1.15. The maximum Gasteiger partial charge on any atom is 0.339 e. The van der Waals surface area contributed by atoms with Crippen molar-refractivity contribution in [3.63, 3.8) is 0 Å². The lowest BCUT2D eigenvalue weighted by Gasteiger charge is -2.05. The third-order valence-electron chi connectivity index (χ3n) is 1.76. The average molecular weight is 184 g/mol. The lowest BCUT2D eigenvalue weighted by atomic mass is 10.1. The molecule has 0 radical (unpaired) electrons. The van der Waals surface area contributed by atoms with Crippen LogP contribution in [-0.4, -0.2) is 10.2 Å². The Bertz CT molecular complexity index is 340. The molecular weight excluding hydrogens is 172 g/mol. The van der Waals surface area contributed by atoms with Gasteiger partial charge in [0.15, 0.2) is 0 Å². The van der Waals surface area contributed by atoms with Crippen molar-refractivity contribution in [1.29, 1.82) is 0 Å². The van der Waals surface area contributed by atoms with Crippen molar-refractivity contribution < 1.29 is 14.6 Å². The molecule has 4 heteroatoms. The van der Waals surface area contributed by atoms with Gasteiger partial charge in [0.2, 0.25) is 0 Å². The molecule has 1 aromatic heterocycles. The number of hydrogen-bond donors (Lipinski definition) is 2. The molecule has 0 bridgehead atoms. The Balaban J connectivity index is 3.21. The number of rotatable bonds is 3. The third kappa shape index (κ3) is 2.09. The predicted molar refractivity (Wildman–Crippen MR) is 46.6 cm³/mol. The lowest BCUT2D eigenvalue weighted by Crippen LogP contribution is -2.04. The average Bonchev–Trinajstić information content (AvgIpc) is 2.04. The van der Waals surface area contributed by atoms with Gasteiger partial charge in [0.1, 0.15) is 11.5 Å². The van der Waals surface area contributed by atoms with Crippen molar-refractivity contribution in [2.24, 2.45) is 0 Å². The van der Waals surface area contributed by atoms with Crippen LogP contribution in [0.1, 0.15) is 24.7 Å². The number of aromatic hydroxyl groups is 1. The van der Waals surface area contributed by atoms with E-state index in [1.807, 2.05) is 6.92 Å². The molecule has 0 fully saturated rings. The van der Waals surface area contributed by atoms with Gasteiger partial charge in [0, 0.05) is 6.42 Å². The molecule has 0 aliphatic carbocycles. The molecule has 2 N–H and O–H groups in total. The molecule has 0 atom stereocenters. The summed E-state index contributed by atoms with van der Waals surface area (Å²) in [7, 11) is 0. The Kier molecular flexibility index (Phi) is 3.08. The van der Waals surface area contributed by atoms with Crippen LogP contribution in [0.3, 0.4) is 0 Å². The molecule has 0 aliphatic heterocycles. The molecule has 0 saturated heterocycles. The summed E-state index contributed by atoms with van der Waals surface area (Å²) in [6.07, 6.45) is 1.33. The molecule has 0 saturated carbocycles. The fourth-order valence-corrected chi connectivity index (χ4v) is 1.15. The van der Waals surface area contributed by atoms with Crippen molar-refractivity contribution >= 4 is 0 Å². The van der Waals surface area contributed by atoms with Crippen molar-refractivity contribution in [1.82, 2.24) is 0 Å². The van der Waals surface area contributed by atoms with Crippen LogP contribution in [0.15, 0.2) is 15.3 Å². The normalized spacial score (nSPS) is 10.3. The molecular formula is C9H12O4. The Hall–Kier alpha value is -1.29. The Labute approximate surface area is 75.4 Å². The van der Waals surface area contributed by atoms with Gasteiger partial charge >= 0.3 is 5.63 Å². The van der Waals surface area contributed by atoms with E-state index in [1.165, 1.54) is 0 Å². The van der Waals surface area contributed by atoms with Crippen LogP contribution in [0.5, 0.6) is 5.75 Å². The number of hydrogen-bond acceptors (Lipinski definition) is 4. The fraction of sp³-hybridized carbons (Fsp3) is 0.444. The summed E-state index contributed by atoms with van der Waals surface area (Å²) in [6, 6.07) is 0.963. The highest BCUT2D eigenvalue weighted by Gasteiger charge is 2.10. The Morgan fingerprint density at radius 1 is 1.54 bits per heavy atom. The van der Waals surface area contributed by atoms with E-state index in [2.05, 4.69) is 0 Å². The summed E-state index contributed by atoms with van der Waals surface area (Å²) < 4.78 is 4.84. The molecule has 0 spiro atoms. The van der Waals surface area contributed by atoms with E-state index < -0.39 is 5.63 Å². The highest BCUT2D eigenvalue weighted by molar-refractivity contribution is 5.32. The minimum atomic E-state index is -0.585. The summed E-state index contributed by atoms with van der Waals surface area (Å²) in [5.41, 5.74) is -0.278. The summed E-state index contributed by atoms with van der Waals surface area (Å²) in [5.74, 6) is 0.178. The summed E-state index contributed by atoms with van der Waals surface area (Å²) >= 11 is 0. The van der Waals surface area contributed by atoms with Crippen molar-refractivity contribution in [3.05, 3.63) is 27.8 Å². The van der Waals surface area contributed by atoms with Crippen molar-refractivity contribution in [3.8, 4) is 5.75 Å². The molecule has 0 aromatic carbocycles. The van der Waals surface area contributed by atoms with E-state index in [1.54, 1.807) is 0 Å². The zero-order valence-corrected chi connectivity index (χ0v) is 7.41. The quantitative estimate of drug-likeness (QED) is 0.728. The highest BCUT2D eigenvalue weighted by atomic mass is 16.4. The van der Waals surface area contributed by atoms with Crippen LogP contribution in [0.25, 0.3) is 0 Å². The van der Waals surface area contributed by atoms with E-state index in [0.717, 1.165) is 12.5 Å². The summed E-state index contributed by atoms with van der Waals surface area (Å²) in [6.45, 7) is 1.61. The van der Waals surface area contributed by atoms with Gasteiger partial charge in [-0.2, -0.15) is 0 Å². The van der Waals surface area contributed by atoms with Gasteiger partial charge in [0.25, 0.3) is 0 Å². The van der Waals surface area contributed by atoms with E-state index in [0.29, 0.717) is 17.7 Å². The van der Waals surface area contributed by atoms with Gasteiger partial charge in [0.05, 0.1) is 18.2 Å². The third-order valence-corrected chi connectivity index (χ3v) is 1.76. The van der Waals surface area contributed by atoms with Crippen molar-refractivity contribution in [2.45, 2.75) is 26.4 Å². The maximum absolute atomic E-state index is 10.8. The van der Waals surface area contributed by atoms with Gasteiger partial charge in [-0.25, -0.2) is 4.79 Å².